The molecular weight excluding hydrogens is 184 g/mol. The van der Waals surface area contributed by atoms with Gasteiger partial charge in [-0.1, -0.05) is 0 Å². The van der Waals surface area contributed by atoms with Gasteiger partial charge in [0.05, 0.1) is 22.6 Å². The molecule has 0 atom stereocenters. The maximum Gasteiger partial charge on any atom is 0.133 e. The van der Waals surface area contributed by atoms with Crippen LogP contribution in [0, 0.1) is 6.92 Å². The molecule has 0 saturated heterocycles. The van der Waals surface area contributed by atoms with E-state index in [1.54, 1.807) is 23.5 Å². The molecule has 0 saturated carbocycles. The molecule has 0 aliphatic heterocycles. The molecule has 0 aromatic carbocycles. The first-order valence-corrected chi connectivity index (χ1v) is 4.71. The van der Waals surface area contributed by atoms with Crippen LogP contribution < -0.4 is 0 Å². The lowest BCUT2D eigenvalue weighted by molar-refractivity contribution is 0.473. The Bertz CT molecular complexity index is 408. The maximum absolute atomic E-state index is 9.03. The second-order valence-corrected chi connectivity index (χ2v) is 3.72. The fourth-order valence-electron chi connectivity index (χ4n) is 1.02. The molecule has 0 aliphatic rings. The molecule has 13 heavy (non-hydrogen) atoms. The lowest BCUT2D eigenvalue weighted by Crippen LogP contribution is -1.81. The van der Waals surface area contributed by atoms with Gasteiger partial charge >= 0.3 is 0 Å². The molecule has 0 aliphatic carbocycles. The summed E-state index contributed by atoms with van der Waals surface area (Å²) in [6.07, 6.45) is 1.42. The molecule has 0 bridgehead atoms. The Labute approximate surface area is 79.7 Å². The molecule has 2 rings (SSSR count). The van der Waals surface area contributed by atoms with Gasteiger partial charge in [-0.25, -0.2) is 4.98 Å². The Balaban J connectivity index is 2.41. The number of aryl methyl sites for hydroxylation is 1. The predicted octanol–water partition coefficient (Wildman–Crippen LogP) is 2.22. The summed E-state index contributed by atoms with van der Waals surface area (Å²) in [7, 11) is 0. The number of pyridine rings is 1. The second-order valence-electron chi connectivity index (χ2n) is 2.65. The van der Waals surface area contributed by atoms with Gasteiger partial charge in [-0.15, -0.1) is 11.3 Å². The molecule has 66 valence electrons. The van der Waals surface area contributed by atoms with Crippen molar-refractivity contribution in [1.82, 2.24) is 9.97 Å². The van der Waals surface area contributed by atoms with Crippen LogP contribution in [0.15, 0.2) is 23.7 Å². The first kappa shape index (κ1) is 8.19. The average molecular weight is 192 g/mol. The van der Waals surface area contributed by atoms with Crippen molar-refractivity contribution >= 4 is 11.3 Å². The third kappa shape index (κ3) is 1.67. The molecule has 0 radical (unpaired) electrons. The predicted molar refractivity (Wildman–Crippen MR) is 51.7 cm³/mol. The van der Waals surface area contributed by atoms with Crippen LogP contribution in [0.2, 0.25) is 0 Å². The van der Waals surface area contributed by atoms with E-state index in [0.717, 1.165) is 16.4 Å². The lowest BCUT2D eigenvalue weighted by Gasteiger charge is -1.94. The van der Waals surface area contributed by atoms with Crippen molar-refractivity contribution < 1.29 is 5.11 Å². The monoisotopic (exact) mass is 192 g/mol. The van der Waals surface area contributed by atoms with Gasteiger partial charge in [0.2, 0.25) is 0 Å². The molecule has 0 fully saturated rings. The lowest BCUT2D eigenvalue weighted by atomic mass is 10.3. The first-order chi connectivity index (χ1) is 6.25. The second kappa shape index (κ2) is 3.14. The topological polar surface area (TPSA) is 46.0 Å². The maximum atomic E-state index is 9.03. The zero-order valence-electron chi connectivity index (χ0n) is 7.06. The highest BCUT2D eigenvalue weighted by molar-refractivity contribution is 7.09. The van der Waals surface area contributed by atoms with Crippen LogP contribution in [0.25, 0.3) is 11.4 Å². The molecule has 0 spiro atoms. The fourth-order valence-corrected chi connectivity index (χ4v) is 1.63. The summed E-state index contributed by atoms with van der Waals surface area (Å²) in [6.45, 7) is 1.95. The molecule has 3 nitrogen and oxygen atoms in total. The Morgan fingerprint density at radius 2 is 2.15 bits per heavy atom. The van der Waals surface area contributed by atoms with Gasteiger partial charge < -0.3 is 5.11 Å². The van der Waals surface area contributed by atoms with Crippen LogP contribution in [-0.4, -0.2) is 15.1 Å². The van der Waals surface area contributed by atoms with Gasteiger partial charge in [0.1, 0.15) is 5.75 Å². The largest absolute Gasteiger partial charge is 0.506 e. The summed E-state index contributed by atoms with van der Waals surface area (Å²) in [6, 6.07) is 3.36. The van der Waals surface area contributed by atoms with Gasteiger partial charge in [0, 0.05) is 5.38 Å². The van der Waals surface area contributed by atoms with Crippen LogP contribution in [0.3, 0.4) is 0 Å². The highest BCUT2D eigenvalue weighted by Crippen LogP contribution is 2.20. The van der Waals surface area contributed by atoms with Crippen molar-refractivity contribution in [3.05, 3.63) is 28.7 Å². The van der Waals surface area contributed by atoms with Crippen LogP contribution in [0.1, 0.15) is 5.01 Å². The third-order valence-corrected chi connectivity index (χ3v) is 2.40. The van der Waals surface area contributed by atoms with Crippen LogP contribution >= 0.6 is 11.3 Å². The highest BCUT2D eigenvalue weighted by atomic mass is 32.1. The van der Waals surface area contributed by atoms with E-state index in [2.05, 4.69) is 9.97 Å². The molecule has 0 amide bonds. The van der Waals surface area contributed by atoms with Crippen LogP contribution in [0.4, 0.5) is 0 Å². The SMILES string of the molecule is Cc1nc(-c2ccc(O)cn2)cs1. The first-order valence-electron chi connectivity index (χ1n) is 3.83. The van der Waals surface area contributed by atoms with E-state index in [-0.39, 0.29) is 5.75 Å². The minimum atomic E-state index is 0.177. The quantitative estimate of drug-likeness (QED) is 0.753. The van der Waals surface area contributed by atoms with E-state index >= 15 is 0 Å². The molecular formula is C9H8N2OS. The molecule has 2 aromatic heterocycles. The van der Waals surface area contributed by atoms with Crippen molar-refractivity contribution in [2.24, 2.45) is 0 Å². The van der Waals surface area contributed by atoms with Crippen LogP contribution in [0.5, 0.6) is 5.75 Å². The summed E-state index contributed by atoms with van der Waals surface area (Å²) in [4.78, 5) is 8.34. The summed E-state index contributed by atoms with van der Waals surface area (Å²) in [5, 5.41) is 12.0. The van der Waals surface area contributed by atoms with Gasteiger partial charge in [0.15, 0.2) is 0 Å². The van der Waals surface area contributed by atoms with Crippen molar-refractivity contribution in [2.45, 2.75) is 6.92 Å². The van der Waals surface area contributed by atoms with E-state index in [0.29, 0.717) is 0 Å². The third-order valence-electron chi connectivity index (χ3n) is 1.63. The summed E-state index contributed by atoms with van der Waals surface area (Å²) in [5.74, 6) is 0.177. The van der Waals surface area contributed by atoms with Crippen molar-refractivity contribution in [3.63, 3.8) is 0 Å². The molecule has 4 heteroatoms. The van der Waals surface area contributed by atoms with E-state index < -0.39 is 0 Å². The Morgan fingerprint density at radius 1 is 1.31 bits per heavy atom. The Kier molecular flexibility index (Phi) is 1.98. The number of hydrogen-bond acceptors (Lipinski definition) is 4. The van der Waals surface area contributed by atoms with E-state index in [4.69, 9.17) is 5.11 Å². The zero-order chi connectivity index (χ0) is 9.26. The van der Waals surface area contributed by atoms with Gasteiger partial charge in [-0.3, -0.25) is 4.98 Å². The number of aromatic nitrogens is 2. The number of thiazole rings is 1. The molecule has 1 N–H and O–H groups in total. The highest BCUT2D eigenvalue weighted by Gasteiger charge is 2.02. The number of hydrogen-bond donors (Lipinski definition) is 1. The van der Waals surface area contributed by atoms with Gasteiger partial charge in [-0.2, -0.15) is 0 Å². The summed E-state index contributed by atoms with van der Waals surface area (Å²) < 4.78 is 0. The van der Waals surface area contributed by atoms with Crippen molar-refractivity contribution in [3.8, 4) is 17.1 Å². The minimum Gasteiger partial charge on any atom is -0.506 e. The van der Waals surface area contributed by atoms with Crippen molar-refractivity contribution in [2.75, 3.05) is 0 Å². The van der Waals surface area contributed by atoms with Crippen LogP contribution in [-0.2, 0) is 0 Å². The number of aromatic hydroxyl groups is 1. The normalized spacial score (nSPS) is 10.2. The van der Waals surface area contributed by atoms with E-state index in [1.807, 2.05) is 12.3 Å². The summed E-state index contributed by atoms with van der Waals surface area (Å²) in [5.41, 5.74) is 1.66. The Hall–Kier alpha value is -1.42. The fraction of sp³-hybridized carbons (Fsp3) is 0.111. The standard InChI is InChI=1S/C9H8N2OS/c1-6-11-9(5-13-6)8-3-2-7(12)4-10-8/h2-5,12H,1H3. The average Bonchev–Trinajstić information content (AvgIpc) is 2.53. The zero-order valence-corrected chi connectivity index (χ0v) is 7.88. The number of rotatable bonds is 1. The molecule has 2 heterocycles. The number of nitrogens with zero attached hydrogens (tertiary/aromatic N) is 2. The van der Waals surface area contributed by atoms with Crippen molar-refractivity contribution in [1.29, 1.82) is 0 Å². The minimum absolute atomic E-state index is 0.177. The summed E-state index contributed by atoms with van der Waals surface area (Å²) >= 11 is 1.59. The van der Waals surface area contributed by atoms with Gasteiger partial charge in [0.25, 0.3) is 0 Å². The van der Waals surface area contributed by atoms with Gasteiger partial charge in [-0.05, 0) is 19.1 Å². The Morgan fingerprint density at radius 3 is 2.69 bits per heavy atom. The van der Waals surface area contributed by atoms with E-state index in [1.165, 1.54) is 6.20 Å². The molecule has 0 unspecified atom stereocenters. The van der Waals surface area contributed by atoms with E-state index in [9.17, 15) is 0 Å². The smallest absolute Gasteiger partial charge is 0.133 e. The molecule has 2 aromatic rings.